The number of esters is 1. The summed E-state index contributed by atoms with van der Waals surface area (Å²) in [6.45, 7) is 4.21. The highest BCUT2D eigenvalue weighted by atomic mass is 16.6. The highest BCUT2D eigenvalue weighted by Crippen LogP contribution is 2.45. The number of allylic oxidation sites excluding steroid dienone is 1. The fraction of sp³-hybridized carbons (Fsp3) is 0.400. The second kappa shape index (κ2) is 10.2. The lowest BCUT2D eigenvalue weighted by molar-refractivity contribution is -0.166. The van der Waals surface area contributed by atoms with Crippen molar-refractivity contribution >= 4 is 29.6 Å². The maximum atomic E-state index is 13.6. The standard InChI is InChI=1S/C30H33N3O6/c1-29(2)18-33(22-10-8-21(9-11-22)25(31)34)26(35)24(29)39-27(36)23-16-19-12-14-30(23,15-13-19)32-28(37)38-17-20-6-4-3-5-7-20/h3-12,14,19,23-24H,13,15-18H2,1-2H3,(H2,31,34)(H,32,37)/t19-,23+,24+,30-/m1/s1. The summed E-state index contributed by atoms with van der Waals surface area (Å²) in [5, 5.41) is 2.95. The smallest absolute Gasteiger partial charge is 0.408 e. The van der Waals surface area contributed by atoms with E-state index in [-0.39, 0.29) is 18.4 Å². The number of amides is 3. The predicted molar refractivity (Wildman–Crippen MR) is 143 cm³/mol. The average molecular weight is 532 g/mol. The molecule has 6 rings (SSSR count). The van der Waals surface area contributed by atoms with Crippen LogP contribution in [0.25, 0.3) is 0 Å². The molecule has 4 aliphatic rings. The summed E-state index contributed by atoms with van der Waals surface area (Å²) in [6, 6.07) is 15.8. The second-order valence-corrected chi connectivity index (χ2v) is 11.3. The van der Waals surface area contributed by atoms with E-state index in [1.165, 1.54) is 0 Å². The van der Waals surface area contributed by atoms with Crippen LogP contribution in [-0.4, -0.2) is 42.1 Å². The van der Waals surface area contributed by atoms with Gasteiger partial charge in [0.1, 0.15) is 6.61 Å². The van der Waals surface area contributed by atoms with Gasteiger partial charge in [-0.05, 0) is 55.0 Å². The number of carbonyl (C=O) groups is 4. The van der Waals surface area contributed by atoms with E-state index in [0.717, 1.165) is 12.0 Å². The first-order valence-electron chi connectivity index (χ1n) is 13.2. The van der Waals surface area contributed by atoms with Crippen molar-refractivity contribution in [2.75, 3.05) is 11.4 Å². The van der Waals surface area contributed by atoms with Gasteiger partial charge >= 0.3 is 12.1 Å². The quantitative estimate of drug-likeness (QED) is 0.414. The van der Waals surface area contributed by atoms with E-state index in [0.29, 0.717) is 30.6 Å². The first-order chi connectivity index (χ1) is 18.6. The number of carbonyl (C=O) groups excluding carboxylic acids is 4. The normalized spacial score (nSPS) is 26.8. The first kappa shape index (κ1) is 26.5. The fourth-order valence-electron chi connectivity index (χ4n) is 5.83. The Balaban J connectivity index is 1.29. The third kappa shape index (κ3) is 5.26. The third-order valence-corrected chi connectivity index (χ3v) is 8.05. The minimum atomic E-state index is -0.993. The Hall–Kier alpha value is -4.14. The lowest BCUT2D eigenvalue weighted by Gasteiger charge is -2.47. The molecular formula is C30H33N3O6. The fourth-order valence-corrected chi connectivity index (χ4v) is 5.83. The van der Waals surface area contributed by atoms with Crippen LogP contribution in [0.15, 0.2) is 66.7 Å². The van der Waals surface area contributed by atoms with Crippen LogP contribution in [0.3, 0.4) is 0 Å². The zero-order valence-electron chi connectivity index (χ0n) is 22.1. The summed E-state index contributed by atoms with van der Waals surface area (Å²) < 4.78 is 11.4. The molecule has 9 nitrogen and oxygen atoms in total. The molecule has 2 bridgehead atoms. The van der Waals surface area contributed by atoms with Crippen LogP contribution in [0.4, 0.5) is 10.5 Å². The van der Waals surface area contributed by atoms with Crippen LogP contribution < -0.4 is 16.0 Å². The van der Waals surface area contributed by atoms with Crippen molar-refractivity contribution in [3.63, 3.8) is 0 Å². The van der Waals surface area contributed by atoms with Crippen molar-refractivity contribution in [1.82, 2.24) is 5.32 Å². The Kier molecular flexibility index (Phi) is 6.92. The van der Waals surface area contributed by atoms with Crippen molar-refractivity contribution in [1.29, 1.82) is 0 Å². The lowest BCUT2D eigenvalue weighted by atomic mass is 9.64. The minimum Gasteiger partial charge on any atom is -0.451 e. The number of benzene rings is 2. The molecule has 1 saturated carbocycles. The number of fused-ring (bicyclic) bond motifs is 2. The molecule has 2 aromatic carbocycles. The van der Waals surface area contributed by atoms with E-state index in [9.17, 15) is 19.2 Å². The highest BCUT2D eigenvalue weighted by Gasteiger charge is 2.54. The van der Waals surface area contributed by atoms with Crippen LogP contribution in [0.5, 0.6) is 0 Å². The van der Waals surface area contributed by atoms with Crippen LogP contribution in [0.2, 0.25) is 0 Å². The number of nitrogens with one attached hydrogen (secondary N) is 1. The summed E-state index contributed by atoms with van der Waals surface area (Å²) in [5.74, 6) is -1.83. The monoisotopic (exact) mass is 531 g/mol. The van der Waals surface area contributed by atoms with E-state index in [2.05, 4.69) is 5.32 Å². The number of hydrogen-bond acceptors (Lipinski definition) is 6. The Bertz CT molecular complexity index is 1310. The molecule has 0 radical (unpaired) electrons. The molecule has 1 saturated heterocycles. The van der Waals surface area contributed by atoms with Gasteiger partial charge in [0.05, 0.1) is 11.5 Å². The van der Waals surface area contributed by atoms with Crippen molar-refractivity contribution in [3.8, 4) is 0 Å². The molecule has 204 valence electrons. The van der Waals surface area contributed by atoms with Gasteiger partial charge in [0.25, 0.3) is 5.91 Å². The summed E-state index contributed by atoms with van der Waals surface area (Å²) in [5.41, 5.74) is 5.53. The number of alkyl carbamates (subject to hydrolysis) is 1. The maximum absolute atomic E-state index is 13.6. The molecule has 3 amide bonds. The Morgan fingerprint density at radius 3 is 2.44 bits per heavy atom. The van der Waals surface area contributed by atoms with E-state index in [1.54, 1.807) is 29.2 Å². The molecule has 1 heterocycles. The van der Waals surface area contributed by atoms with Crippen molar-refractivity contribution in [2.45, 2.75) is 51.4 Å². The van der Waals surface area contributed by atoms with Gasteiger partial charge in [-0.3, -0.25) is 14.4 Å². The molecule has 0 aromatic heterocycles. The Labute approximate surface area is 227 Å². The molecule has 0 spiro atoms. The van der Waals surface area contributed by atoms with Gasteiger partial charge in [-0.15, -0.1) is 0 Å². The number of rotatable bonds is 7. The molecule has 39 heavy (non-hydrogen) atoms. The molecule has 3 aliphatic carbocycles. The van der Waals surface area contributed by atoms with Crippen LogP contribution in [0.1, 0.15) is 49.0 Å². The zero-order valence-corrected chi connectivity index (χ0v) is 22.1. The third-order valence-electron chi connectivity index (χ3n) is 8.05. The predicted octanol–water partition coefficient (Wildman–Crippen LogP) is 3.72. The van der Waals surface area contributed by atoms with Crippen molar-refractivity contribution in [2.24, 2.45) is 23.0 Å². The van der Waals surface area contributed by atoms with Gasteiger partial charge in [-0.1, -0.05) is 56.3 Å². The molecule has 4 atom stereocenters. The average Bonchev–Trinajstić information content (AvgIpc) is 3.16. The zero-order chi connectivity index (χ0) is 27.8. The van der Waals surface area contributed by atoms with E-state index < -0.39 is 40.9 Å². The van der Waals surface area contributed by atoms with Gasteiger partial charge in [-0.2, -0.15) is 0 Å². The number of hydrogen-bond donors (Lipinski definition) is 2. The first-order valence-corrected chi connectivity index (χ1v) is 13.2. The van der Waals surface area contributed by atoms with E-state index >= 15 is 0 Å². The molecular weight excluding hydrogens is 498 g/mol. The van der Waals surface area contributed by atoms with Crippen LogP contribution in [0, 0.1) is 17.3 Å². The summed E-state index contributed by atoms with van der Waals surface area (Å²) >= 11 is 0. The van der Waals surface area contributed by atoms with Gasteiger partial charge in [0, 0.05) is 23.2 Å². The number of primary amides is 1. The van der Waals surface area contributed by atoms with Crippen molar-refractivity contribution < 1.29 is 28.7 Å². The van der Waals surface area contributed by atoms with Gasteiger partial charge in [-0.25, -0.2) is 4.79 Å². The number of nitrogens with two attached hydrogens (primary N) is 1. The highest BCUT2D eigenvalue weighted by molar-refractivity contribution is 6.01. The van der Waals surface area contributed by atoms with Crippen LogP contribution >= 0.6 is 0 Å². The molecule has 0 unspecified atom stereocenters. The number of nitrogens with zero attached hydrogens (tertiary/aromatic N) is 1. The Morgan fingerprint density at radius 1 is 1.08 bits per heavy atom. The van der Waals surface area contributed by atoms with Gasteiger partial charge < -0.3 is 25.4 Å². The minimum absolute atomic E-state index is 0.116. The molecule has 9 heteroatoms. The number of ether oxygens (including phenoxy) is 2. The van der Waals surface area contributed by atoms with Gasteiger partial charge in [0.2, 0.25) is 5.91 Å². The summed E-state index contributed by atoms with van der Waals surface area (Å²) in [6.07, 6.45) is 4.25. The SMILES string of the molecule is CC1(C)CN(c2ccc(C(N)=O)cc2)C(=O)[C@@H]1OC(=O)[C@@H]1C[C@@H]2C=C[C@@]1(NC(=O)OCc1ccccc1)CC2. The topological polar surface area (TPSA) is 128 Å². The van der Waals surface area contributed by atoms with E-state index in [1.807, 2.05) is 56.3 Å². The summed E-state index contributed by atoms with van der Waals surface area (Å²) in [4.78, 5) is 52.9. The summed E-state index contributed by atoms with van der Waals surface area (Å²) in [7, 11) is 0. The molecule has 2 fully saturated rings. The molecule has 1 aliphatic heterocycles. The maximum Gasteiger partial charge on any atom is 0.408 e. The Morgan fingerprint density at radius 2 is 1.79 bits per heavy atom. The molecule has 2 aromatic rings. The second-order valence-electron chi connectivity index (χ2n) is 11.3. The lowest BCUT2D eigenvalue weighted by Crippen LogP contribution is -2.60. The van der Waals surface area contributed by atoms with Crippen LogP contribution in [-0.2, 0) is 25.7 Å². The van der Waals surface area contributed by atoms with Gasteiger partial charge in [0.15, 0.2) is 6.10 Å². The largest absolute Gasteiger partial charge is 0.451 e. The number of anilines is 1. The van der Waals surface area contributed by atoms with E-state index in [4.69, 9.17) is 15.2 Å². The van der Waals surface area contributed by atoms with Crippen molar-refractivity contribution in [3.05, 3.63) is 77.9 Å². The molecule has 3 N–H and O–H groups in total.